The van der Waals surface area contributed by atoms with Crippen molar-refractivity contribution < 1.29 is 20.1 Å². The molecule has 170 valence electrons. The highest BCUT2D eigenvalue weighted by molar-refractivity contribution is 5.66. The van der Waals surface area contributed by atoms with E-state index < -0.39 is 11.8 Å². The van der Waals surface area contributed by atoms with Crippen LogP contribution in [0.25, 0.3) is 0 Å². The summed E-state index contributed by atoms with van der Waals surface area (Å²) in [6.45, 7) is 9.02. The van der Waals surface area contributed by atoms with Crippen LogP contribution in [0.5, 0.6) is 0 Å². The molecule has 3 N–H and O–H groups in total. The Morgan fingerprint density at radius 2 is 1.77 bits per heavy atom. The minimum atomic E-state index is -1.70. The van der Waals surface area contributed by atoms with E-state index in [-0.39, 0.29) is 23.2 Å². The molecular weight excluding hydrogens is 376 g/mol. The number of fused-ring (bicyclic) bond motifs is 5. The number of allylic oxidation sites excluding steroid dienone is 1. The van der Waals surface area contributed by atoms with E-state index in [1.165, 1.54) is 19.3 Å². The van der Waals surface area contributed by atoms with Gasteiger partial charge in [0.05, 0.1) is 0 Å². The monoisotopic (exact) mass is 418 g/mol. The molecule has 4 aliphatic carbocycles. The van der Waals surface area contributed by atoms with Crippen LogP contribution in [0.3, 0.4) is 0 Å². The Balaban J connectivity index is 1.68. The Morgan fingerprint density at radius 3 is 2.43 bits per heavy atom. The zero-order valence-electron chi connectivity index (χ0n) is 19.4. The van der Waals surface area contributed by atoms with Crippen LogP contribution in [0.1, 0.15) is 91.9 Å². The van der Waals surface area contributed by atoms with Gasteiger partial charge in [-0.2, -0.15) is 0 Å². The first kappa shape index (κ1) is 22.3. The lowest BCUT2D eigenvalue weighted by Crippen LogP contribution is -2.64. The fraction of sp³-hybridized carbons (Fsp3) is 0.885. The summed E-state index contributed by atoms with van der Waals surface area (Å²) in [5, 5.41) is 32.5. The molecule has 4 nitrogen and oxygen atoms in total. The van der Waals surface area contributed by atoms with Crippen LogP contribution in [0.15, 0.2) is 11.6 Å². The largest absolute Gasteiger partial charge is 0.481 e. The Bertz CT molecular complexity index is 712. The summed E-state index contributed by atoms with van der Waals surface area (Å²) < 4.78 is 0. The average molecular weight is 419 g/mol. The lowest BCUT2D eigenvalue weighted by molar-refractivity contribution is -0.267. The van der Waals surface area contributed by atoms with E-state index in [4.69, 9.17) is 5.11 Å². The van der Waals surface area contributed by atoms with Gasteiger partial charge in [0.1, 0.15) is 0 Å². The highest BCUT2D eigenvalue weighted by Crippen LogP contribution is 2.70. The normalized spacial score (nSPS) is 47.3. The van der Waals surface area contributed by atoms with Crippen molar-refractivity contribution in [2.24, 2.45) is 46.3 Å². The second kappa shape index (κ2) is 7.62. The van der Waals surface area contributed by atoms with Crippen molar-refractivity contribution in [3.8, 4) is 0 Å². The van der Waals surface area contributed by atoms with Crippen molar-refractivity contribution in [1.29, 1.82) is 0 Å². The molecule has 4 saturated carbocycles. The second-order valence-corrected chi connectivity index (χ2v) is 11.7. The van der Waals surface area contributed by atoms with Crippen molar-refractivity contribution in [1.82, 2.24) is 0 Å². The number of aliphatic hydroxyl groups is 2. The number of hydrogen-bond donors (Lipinski definition) is 3. The quantitative estimate of drug-likeness (QED) is 0.423. The first-order valence-electron chi connectivity index (χ1n) is 12.4. The first-order valence-corrected chi connectivity index (χ1v) is 12.4. The van der Waals surface area contributed by atoms with Crippen LogP contribution in [0, 0.1) is 46.3 Å². The van der Waals surface area contributed by atoms with Gasteiger partial charge in [0.15, 0.2) is 5.79 Å². The van der Waals surface area contributed by atoms with Gasteiger partial charge >= 0.3 is 5.97 Å². The predicted molar refractivity (Wildman–Crippen MR) is 118 cm³/mol. The number of hydrogen-bond acceptors (Lipinski definition) is 3. The van der Waals surface area contributed by atoms with E-state index in [1.807, 2.05) is 13.0 Å². The Hall–Kier alpha value is -0.870. The van der Waals surface area contributed by atoms with Crippen LogP contribution in [0.2, 0.25) is 0 Å². The minimum absolute atomic E-state index is 0.0759. The molecule has 0 amide bonds. The maximum absolute atomic E-state index is 11.7. The van der Waals surface area contributed by atoms with Crippen LogP contribution in [-0.4, -0.2) is 27.1 Å². The van der Waals surface area contributed by atoms with Gasteiger partial charge in [0.2, 0.25) is 0 Å². The van der Waals surface area contributed by atoms with Crippen LogP contribution in [-0.2, 0) is 4.79 Å². The molecule has 0 heterocycles. The summed E-state index contributed by atoms with van der Waals surface area (Å²) >= 11 is 0. The third-order valence-electron chi connectivity index (χ3n) is 10.5. The lowest BCUT2D eigenvalue weighted by atomic mass is 9.42. The summed E-state index contributed by atoms with van der Waals surface area (Å²) in [5.74, 6) is -0.706. The Labute approximate surface area is 182 Å². The number of rotatable bonds is 4. The summed E-state index contributed by atoms with van der Waals surface area (Å²) in [5.41, 5.74) is 1.14. The summed E-state index contributed by atoms with van der Waals surface area (Å²) in [7, 11) is 0. The van der Waals surface area contributed by atoms with Crippen molar-refractivity contribution in [3.05, 3.63) is 11.6 Å². The van der Waals surface area contributed by atoms with Gasteiger partial charge in [-0.15, -0.1) is 0 Å². The van der Waals surface area contributed by atoms with E-state index in [9.17, 15) is 15.0 Å². The molecule has 0 aromatic heterocycles. The van der Waals surface area contributed by atoms with E-state index in [0.717, 1.165) is 44.1 Å². The lowest BCUT2D eigenvalue weighted by Gasteiger charge is -2.64. The zero-order valence-corrected chi connectivity index (χ0v) is 19.4. The van der Waals surface area contributed by atoms with Gasteiger partial charge in [0, 0.05) is 12.3 Å². The number of aliphatic carboxylic acids is 1. The molecule has 0 spiro atoms. The van der Waals surface area contributed by atoms with Crippen LogP contribution < -0.4 is 0 Å². The van der Waals surface area contributed by atoms with E-state index in [2.05, 4.69) is 20.8 Å². The van der Waals surface area contributed by atoms with Crippen molar-refractivity contribution in [2.45, 2.75) is 97.7 Å². The highest BCUT2D eigenvalue weighted by Gasteiger charge is 2.67. The third-order valence-corrected chi connectivity index (χ3v) is 10.5. The molecule has 4 heteroatoms. The molecule has 0 saturated heterocycles. The molecule has 0 bridgehead atoms. The van der Waals surface area contributed by atoms with Crippen molar-refractivity contribution >= 4 is 5.97 Å². The Kier molecular flexibility index (Phi) is 5.67. The van der Waals surface area contributed by atoms with Gasteiger partial charge in [-0.05, 0) is 97.9 Å². The van der Waals surface area contributed by atoms with E-state index in [0.29, 0.717) is 29.6 Å². The molecule has 8 atom stereocenters. The van der Waals surface area contributed by atoms with Gasteiger partial charge in [0.25, 0.3) is 0 Å². The molecule has 4 aliphatic rings. The highest BCUT2D eigenvalue weighted by atomic mass is 16.5. The maximum Gasteiger partial charge on any atom is 0.303 e. The molecule has 0 radical (unpaired) electrons. The van der Waals surface area contributed by atoms with Crippen molar-refractivity contribution in [2.75, 3.05) is 0 Å². The smallest absolute Gasteiger partial charge is 0.303 e. The number of carboxylic acids is 1. The predicted octanol–water partition coefficient (Wildman–Crippen LogP) is 5.38. The molecular formula is C26H42O4. The van der Waals surface area contributed by atoms with E-state index >= 15 is 0 Å². The van der Waals surface area contributed by atoms with E-state index in [1.54, 1.807) is 0 Å². The van der Waals surface area contributed by atoms with Crippen molar-refractivity contribution in [3.63, 3.8) is 0 Å². The molecule has 0 aromatic carbocycles. The Morgan fingerprint density at radius 1 is 1.07 bits per heavy atom. The molecule has 0 unspecified atom stereocenters. The average Bonchev–Trinajstić information content (AvgIpc) is 3.03. The topological polar surface area (TPSA) is 77.8 Å². The number of carbonyl (C=O) groups is 1. The van der Waals surface area contributed by atoms with Crippen LogP contribution >= 0.6 is 0 Å². The maximum atomic E-state index is 11.7. The molecule has 30 heavy (non-hydrogen) atoms. The molecule has 0 aliphatic heterocycles. The fourth-order valence-corrected chi connectivity index (χ4v) is 9.14. The molecule has 4 fully saturated rings. The summed E-state index contributed by atoms with van der Waals surface area (Å²) in [6, 6.07) is 0. The SMILES string of the molecule is CC=C1[C@@H]2CCCC[C@]2(C)[C@H]2CC[C@]3(C)[C@@H]([C@H](C)CCC(=O)O)CC[C@H]3[C@@H]2C1(O)O. The fourth-order valence-electron chi connectivity index (χ4n) is 9.14. The standard InChI is InChI=1S/C26H42O4/c1-5-17-19-8-6-7-14-24(19,3)21-13-15-25(4)18(16(2)9-12-22(27)28)10-11-20(25)23(21)26(17,29)30/h5,16,18-21,23,29-30H,6-15H2,1-4H3,(H,27,28)/t16-,18-,19+,20+,21+,23+,24+,25-/m1/s1. The van der Waals surface area contributed by atoms with Gasteiger partial charge in [-0.1, -0.05) is 39.7 Å². The summed E-state index contributed by atoms with van der Waals surface area (Å²) in [6.07, 6.45) is 12.1. The third kappa shape index (κ3) is 3.11. The molecule has 4 rings (SSSR count). The van der Waals surface area contributed by atoms with Gasteiger partial charge in [-0.3, -0.25) is 4.79 Å². The first-order chi connectivity index (χ1) is 14.1. The number of carboxylic acid groups (broad SMARTS) is 1. The summed E-state index contributed by atoms with van der Waals surface area (Å²) in [4.78, 5) is 11.1. The van der Waals surface area contributed by atoms with Gasteiger partial charge in [-0.25, -0.2) is 0 Å². The molecule has 0 aromatic rings. The zero-order chi connectivity index (χ0) is 21.9. The minimum Gasteiger partial charge on any atom is -0.481 e. The second-order valence-electron chi connectivity index (χ2n) is 11.7. The van der Waals surface area contributed by atoms with Gasteiger partial charge < -0.3 is 15.3 Å². The van der Waals surface area contributed by atoms with Crippen LogP contribution in [0.4, 0.5) is 0 Å².